The third-order valence-electron chi connectivity index (χ3n) is 2.72. The van der Waals surface area contributed by atoms with Crippen LogP contribution < -0.4 is 9.62 Å². The molecule has 0 heterocycles. The number of hydrogen-bond donors (Lipinski definition) is 1. The summed E-state index contributed by atoms with van der Waals surface area (Å²) >= 11 is 0. The zero-order valence-corrected chi connectivity index (χ0v) is 11.6. The highest BCUT2D eigenvalue weighted by Crippen LogP contribution is 2.22. The number of sulfonamides is 1. The molecule has 0 radical (unpaired) electrons. The Morgan fingerprint density at radius 2 is 1.94 bits per heavy atom. The quantitative estimate of drug-likeness (QED) is 0.863. The second-order valence-corrected chi connectivity index (χ2v) is 6.30. The summed E-state index contributed by atoms with van der Waals surface area (Å²) in [6.45, 7) is 4.37. The van der Waals surface area contributed by atoms with Crippen molar-refractivity contribution in [2.75, 3.05) is 30.7 Å². The molecule has 0 saturated heterocycles. The summed E-state index contributed by atoms with van der Waals surface area (Å²) in [5.74, 6) is 0.104. The first kappa shape index (κ1) is 14.0. The van der Waals surface area contributed by atoms with E-state index in [0.717, 1.165) is 16.8 Å². The smallest absolute Gasteiger partial charge is 0.236 e. The summed E-state index contributed by atoms with van der Waals surface area (Å²) in [5, 5.41) is 2.85. The van der Waals surface area contributed by atoms with E-state index in [1.807, 2.05) is 32.0 Å². The van der Waals surface area contributed by atoms with Crippen molar-refractivity contribution in [3.8, 4) is 0 Å². The molecule has 17 heavy (non-hydrogen) atoms. The maximum absolute atomic E-state index is 12.0. The maximum Gasteiger partial charge on any atom is 0.236 e. The van der Waals surface area contributed by atoms with Crippen molar-refractivity contribution in [1.82, 2.24) is 5.32 Å². The molecule has 1 N–H and O–H groups in total. The zero-order chi connectivity index (χ0) is 13.1. The van der Waals surface area contributed by atoms with Crippen LogP contribution in [0.25, 0.3) is 0 Å². The third kappa shape index (κ3) is 3.44. The summed E-state index contributed by atoms with van der Waals surface area (Å²) in [4.78, 5) is 0. The molecule has 1 aromatic carbocycles. The van der Waals surface area contributed by atoms with Crippen molar-refractivity contribution in [1.29, 1.82) is 0 Å². The lowest BCUT2D eigenvalue weighted by atomic mass is 10.1. The maximum atomic E-state index is 12.0. The molecule has 0 amide bonds. The third-order valence-corrected chi connectivity index (χ3v) is 4.47. The molecule has 0 saturated carbocycles. The summed E-state index contributed by atoms with van der Waals surface area (Å²) in [7, 11) is 0.103. The average Bonchev–Trinajstić information content (AvgIpc) is 2.25. The van der Waals surface area contributed by atoms with Gasteiger partial charge in [-0.15, -0.1) is 0 Å². The monoisotopic (exact) mass is 256 g/mol. The van der Waals surface area contributed by atoms with Gasteiger partial charge in [0.2, 0.25) is 10.0 Å². The Hall–Kier alpha value is -1.07. The molecule has 0 aromatic heterocycles. The van der Waals surface area contributed by atoms with Crippen molar-refractivity contribution in [2.45, 2.75) is 13.8 Å². The molecule has 1 rings (SSSR count). The van der Waals surface area contributed by atoms with Gasteiger partial charge in [-0.25, -0.2) is 8.42 Å². The van der Waals surface area contributed by atoms with Crippen molar-refractivity contribution < 1.29 is 8.42 Å². The van der Waals surface area contributed by atoms with Gasteiger partial charge in [-0.3, -0.25) is 4.31 Å². The Bertz CT molecular complexity index is 483. The fourth-order valence-corrected chi connectivity index (χ4v) is 2.92. The van der Waals surface area contributed by atoms with Gasteiger partial charge < -0.3 is 5.32 Å². The minimum Gasteiger partial charge on any atom is -0.319 e. The van der Waals surface area contributed by atoms with Gasteiger partial charge in [0, 0.05) is 13.6 Å². The minimum atomic E-state index is -3.24. The van der Waals surface area contributed by atoms with Crippen LogP contribution in [0.2, 0.25) is 0 Å². The summed E-state index contributed by atoms with van der Waals surface area (Å²) in [6.07, 6.45) is 0. The number of nitrogens with zero attached hydrogens (tertiary/aromatic N) is 1. The minimum absolute atomic E-state index is 0.104. The molecule has 0 aliphatic carbocycles. The number of anilines is 1. The summed E-state index contributed by atoms with van der Waals surface area (Å²) in [5.41, 5.74) is 2.85. The molecule has 0 atom stereocenters. The van der Waals surface area contributed by atoms with Crippen LogP contribution in [0.3, 0.4) is 0 Å². The fraction of sp³-hybridized carbons (Fsp3) is 0.500. The van der Waals surface area contributed by atoms with Gasteiger partial charge in [0.25, 0.3) is 0 Å². The van der Waals surface area contributed by atoms with E-state index < -0.39 is 10.0 Å². The van der Waals surface area contributed by atoms with Crippen molar-refractivity contribution in [2.24, 2.45) is 0 Å². The standard InChI is InChI=1S/C12H20N2O2S/c1-10-5-6-12(11(2)9-10)14(4)17(15,16)8-7-13-3/h5-6,9,13H,7-8H2,1-4H3. The van der Waals surface area contributed by atoms with E-state index in [0.29, 0.717) is 6.54 Å². The van der Waals surface area contributed by atoms with Crippen LogP contribution in [0.4, 0.5) is 5.69 Å². The van der Waals surface area contributed by atoms with E-state index in [4.69, 9.17) is 0 Å². The van der Waals surface area contributed by atoms with E-state index in [2.05, 4.69) is 5.32 Å². The SMILES string of the molecule is CNCCS(=O)(=O)N(C)c1ccc(C)cc1C. The topological polar surface area (TPSA) is 49.4 Å². The number of aryl methyl sites for hydroxylation is 2. The summed E-state index contributed by atoms with van der Waals surface area (Å²) < 4.78 is 25.4. The predicted molar refractivity (Wildman–Crippen MR) is 72.0 cm³/mol. The molecule has 1 aromatic rings. The second kappa shape index (κ2) is 5.51. The van der Waals surface area contributed by atoms with Gasteiger partial charge in [0.15, 0.2) is 0 Å². The largest absolute Gasteiger partial charge is 0.319 e. The van der Waals surface area contributed by atoms with Crippen LogP contribution >= 0.6 is 0 Å². The molecule has 0 aliphatic rings. The zero-order valence-electron chi connectivity index (χ0n) is 10.8. The Morgan fingerprint density at radius 3 is 2.47 bits per heavy atom. The van der Waals surface area contributed by atoms with Gasteiger partial charge >= 0.3 is 0 Å². The van der Waals surface area contributed by atoms with E-state index in [1.54, 1.807) is 14.1 Å². The van der Waals surface area contributed by atoms with E-state index in [9.17, 15) is 8.42 Å². The van der Waals surface area contributed by atoms with Crippen molar-refractivity contribution in [3.63, 3.8) is 0 Å². The highest BCUT2D eigenvalue weighted by atomic mass is 32.2. The second-order valence-electron chi connectivity index (χ2n) is 4.18. The molecule has 0 fully saturated rings. The molecule has 5 heteroatoms. The van der Waals surface area contributed by atoms with Crippen LogP contribution in [0.5, 0.6) is 0 Å². The highest BCUT2D eigenvalue weighted by Gasteiger charge is 2.18. The lowest BCUT2D eigenvalue weighted by molar-refractivity contribution is 0.592. The van der Waals surface area contributed by atoms with E-state index >= 15 is 0 Å². The molecule has 0 unspecified atom stereocenters. The number of rotatable bonds is 5. The van der Waals surface area contributed by atoms with Gasteiger partial charge in [-0.1, -0.05) is 17.7 Å². The first-order valence-corrected chi connectivity index (χ1v) is 7.18. The summed E-state index contributed by atoms with van der Waals surface area (Å²) in [6, 6.07) is 5.76. The van der Waals surface area contributed by atoms with Crippen LogP contribution in [-0.2, 0) is 10.0 Å². The molecular formula is C12H20N2O2S. The van der Waals surface area contributed by atoms with Crippen LogP contribution in [0.1, 0.15) is 11.1 Å². The number of benzene rings is 1. The first-order chi connectivity index (χ1) is 7.88. The molecule has 96 valence electrons. The van der Waals surface area contributed by atoms with Gasteiger partial charge in [-0.05, 0) is 32.5 Å². The molecule has 0 aliphatic heterocycles. The molecule has 4 nitrogen and oxygen atoms in total. The van der Waals surface area contributed by atoms with E-state index in [1.165, 1.54) is 4.31 Å². The Balaban J connectivity index is 2.99. The van der Waals surface area contributed by atoms with Crippen LogP contribution in [0, 0.1) is 13.8 Å². The van der Waals surface area contributed by atoms with Crippen molar-refractivity contribution in [3.05, 3.63) is 29.3 Å². The number of nitrogens with one attached hydrogen (secondary N) is 1. The molecule has 0 spiro atoms. The Kier molecular flexibility index (Phi) is 4.54. The lowest BCUT2D eigenvalue weighted by Crippen LogP contribution is -2.33. The van der Waals surface area contributed by atoms with Crippen LogP contribution in [0.15, 0.2) is 18.2 Å². The Labute approximate surface area is 104 Å². The lowest BCUT2D eigenvalue weighted by Gasteiger charge is -2.21. The van der Waals surface area contributed by atoms with Crippen molar-refractivity contribution >= 4 is 15.7 Å². The number of hydrogen-bond acceptors (Lipinski definition) is 3. The van der Waals surface area contributed by atoms with Crippen LogP contribution in [-0.4, -0.2) is 34.8 Å². The van der Waals surface area contributed by atoms with Gasteiger partial charge in [-0.2, -0.15) is 0 Å². The van der Waals surface area contributed by atoms with E-state index in [-0.39, 0.29) is 5.75 Å². The average molecular weight is 256 g/mol. The predicted octanol–water partition coefficient (Wildman–Crippen LogP) is 1.29. The molecular weight excluding hydrogens is 236 g/mol. The molecule has 0 bridgehead atoms. The van der Waals surface area contributed by atoms with Gasteiger partial charge in [0.1, 0.15) is 0 Å². The highest BCUT2D eigenvalue weighted by molar-refractivity contribution is 7.92. The van der Waals surface area contributed by atoms with Gasteiger partial charge in [0.05, 0.1) is 11.4 Å². The first-order valence-electron chi connectivity index (χ1n) is 5.57. The normalized spacial score (nSPS) is 11.5. The Morgan fingerprint density at radius 1 is 1.29 bits per heavy atom. The fourth-order valence-electron chi connectivity index (χ4n) is 1.68.